The SMILES string of the molecule is CC(=O)N1CCc2cc(NC(=O)COc3cc(C)ccc3C)ccc21. The second-order valence-corrected chi connectivity index (χ2v) is 6.37. The summed E-state index contributed by atoms with van der Waals surface area (Å²) >= 11 is 0. The van der Waals surface area contributed by atoms with Crippen molar-refractivity contribution in [2.75, 3.05) is 23.4 Å². The molecule has 0 saturated carbocycles. The average Bonchev–Trinajstić information content (AvgIpc) is 2.99. The molecule has 130 valence electrons. The summed E-state index contributed by atoms with van der Waals surface area (Å²) in [5.74, 6) is 0.556. The highest BCUT2D eigenvalue weighted by Gasteiger charge is 2.22. The number of benzene rings is 2. The van der Waals surface area contributed by atoms with Crippen molar-refractivity contribution >= 4 is 23.2 Å². The van der Waals surface area contributed by atoms with Gasteiger partial charge in [0.05, 0.1) is 0 Å². The third kappa shape index (κ3) is 3.82. The van der Waals surface area contributed by atoms with Crippen molar-refractivity contribution in [1.82, 2.24) is 0 Å². The van der Waals surface area contributed by atoms with Gasteiger partial charge in [0.1, 0.15) is 5.75 Å². The van der Waals surface area contributed by atoms with Gasteiger partial charge in [-0.25, -0.2) is 0 Å². The minimum Gasteiger partial charge on any atom is -0.483 e. The van der Waals surface area contributed by atoms with E-state index in [4.69, 9.17) is 4.74 Å². The van der Waals surface area contributed by atoms with Gasteiger partial charge < -0.3 is 15.0 Å². The molecular formula is C20H22N2O3. The van der Waals surface area contributed by atoms with Crippen LogP contribution in [0.2, 0.25) is 0 Å². The number of anilines is 2. The predicted octanol–water partition coefficient (Wildman–Crippen LogP) is 3.23. The third-order valence-electron chi connectivity index (χ3n) is 4.34. The topological polar surface area (TPSA) is 58.6 Å². The van der Waals surface area contributed by atoms with Gasteiger partial charge in [-0.05, 0) is 61.2 Å². The molecule has 0 atom stereocenters. The first-order valence-electron chi connectivity index (χ1n) is 8.35. The fraction of sp³-hybridized carbons (Fsp3) is 0.300. The summed E-state index contributed by atoms with van der Waals surface area (Å²) in [7, 11) is 0. The average molecular weight is 338 g/mol. The summed E-state index contributed by atoms with van der Waals surface area (Å²) in [6.45, 7) is 6.16. The highest BCUT2D eigenvalue weighted by molar-refractivity contribution is 5.95. The van der Waals surface area contributed by atoms with Gasteiger partial charge in [-0.3, -0.25) is 9.59 Å². The maximum absolute atomic E-state index is 12.2. The van der Waals surface area contributed by atoms with Crippen LogP contribution in [0.3, 0.4) is 0 Å². The van der Waals surface area contributed by atoms with Crippen LogP contribution in [0.5, 0.6) is 5.75 Å². The van der Waals surface area contributed by atoms with Crippen molar-refractivity contribution in [3.05, 3.63) is 53.1 Å². The van der Waals surface area contributed by atoms with E-state index < -0.39 is 0 Å². The largest absolute Gasteiger partial charge is 0.483 e. The fourth-order valence-corrected chi connectivity index (χ4v) is 3.01. The smallest absolute Gasteiger partial charge is 0.262 e. The Morgan fingerprint density at radius 1 is 1.16 bits per heavy atom. The first-order valence-corrected chi connectivity index (χ1v) is 8.35. The van der Waals surface area contributed by atoms with Gasteiger partial charge in [0, 0.05) is 24.8 Å². The lowest BCUT2D eigenvalue weighted by Gasteiger charge is -2.15. The van der Waals surface area contributed by atoms with Crippen LogP contribution in [-0.2, 0) is 16.0 Å². The molecule has 1 aliphatic heterocycles. The Labute approximate surface area is 147 Å². The molecule has 3 rings (SSSR count). The molecule has 0 unspecified atom stereocenters. The Balaban J connectivity index is 1.62. The zero-order valence-corrected chi connectivity index (χ0v) is 14.8. The van der Waals surface area contributed by atoms with Gasteiger partial charge in [0.15, 0.2) is 6.61 Å². The standard InChI is InChI=1S/C20H22N2O3/c1-13-4-5-14(2)19(10-13)25-12-20(24)21-17-6-7-18-16(11-17)8-9-22(18)15(3)23/h4-7,10-11H,8-9,12H2,1-3H3,(H,21,24). The maximum Gasteiger partial charge on any atom is 0.262 e. The van der Waals surface area contributed by atoms with Gasteiger partial charge in [0.25, 0.3) is 5.91 Å². The van der Waals surface area contributed by atoms with Crippen molar-refractivity contribution in [3.8, 4) is 5.75 Å². The predicted molar refractivity (Wildman–Crippen MR) is 98.2 cm³/mol. The molecule has 1 aliphatic rings. The zero-order chi connectivity index (χ0) is 18.0. The van der Waals surface area contributed by atoms with Crippen LogP contribution in [0, 0.1) is 13.8 Å². The normalized spacial score (nSPS) is 12.7. The Morgan fingerprint density at radius 3 is 2.72 bits per heavy atom. The molecule has 5 nitrogen and oxygen atoms in total. The molecule has 0 bridgehead atoms. The van der Waals surface area contributed by atoms with Crippen LogP contribution in [0.15, 0.2) is 36.4 Å². The van der Waals surface area contributed by atoms with Crippen LogP contribution in [0.25, 0.3) is 0 Å². The molecule has 0 aromatic heterocycles. The van der Waals surface area contributed by atoms with Crippen LogP contribution in [0.4, 0.5) is 11.4 Å². The van der Waals surface area contributed by atoms with Gasteiger partial charge in [-0.2, -0.15) is 0 Å². The first-order chi connectivity index (χ1) is 11.9. The van der Waals surface area contributed by atoms with E-state index in [0.29, 0.717) is 6.54 Å². The van der Waals surface area contributed by atoms with Gasteiger partial charge in [-0.1, -0.05) is 12.1 Å². The molecule has 5 heteroatoms. The second-order valence-electron chi connectivity index (χ2n) is 6.37. The number of nitrogens with zero attached hydrogens (tertiary/aromatic N) is 1. The monoisotopic (exact) mass is 338 g/mol. The summed E-state index contributed by atoms with van der Waals surface area (Å²) in [6.07, 6.45) is 0.803. The fourth-order valence-electron chi connectivity index (χ4n) is 3.01. The maximum atomic E-state index is 12.2. The molecule has 0 fully saturated rings. The quantitative estimate of drug-likeness (QED) is 0.931. The number of aryl methyl sites for hydroxylation is 2. The van der Waals surface area contributed by atoms with E-state index in [1.165, 1.54) is 0 Å². The summed E-state index contributed by atoms with van der Waals surface area (Å²) in [6, 6.07) is 11.5. The molecule has 25 heavy (non-hydrogen) atoms. The molecule has 2 aromatic rings. The van der Waals surface area contributed by atoms with Crippen molar-refractivity contribution in [3.63, 3.8) is 0 Å². The van der Waals surface area contributed by atoms with E-state index in [9.17, 15) is 9.59 Å². The number of amides is 2. The van der Waals surface area contributed by atoms with E-state index in [0.717, 1.165) is 40.2 Å². The van der Waals surface area contributed by atoms with Crippen molar-refractivity contribution in [1.29, 1.82) is 0 Å². The first kappa shape index (κ1) is 17.0. The van der Waals surface area contributed by atoms with E-state index in [1.807, 2.05) is 50.2 Å². The van der Waals surface area contributed by atoms with Crippen LogP contribution in [0.1, 0.15) is 23.6 Å². The number of hydrogen-bond donors (Lipinski definition) is 1. The lowest BCUT2D eigenvalue weighted by molar-refractivity contribution is -0.118. The van der Waals surface area contributed by atoms with E-state index in [1.54, 1.807) is 11.8 Å². The molecule has 1 N–H and O–H groups in total. The van der Waals surface area contributed by atoms with E-state index in [2.05, 4.69) is 5.32 Å². The highest BCUT2D eigenvalue weighted by atomic mass is 16.5. The molecule has 0 aliphatic carbocycles. The molecule has 0 saturated heterocycles. The Kier molecular flexibility index (Phi) is 4.74. The number of carbonyl (C=O) groups is 2. The van der Waals surface area contributed by atoms with Gasteiger partial charge in [-0.15, -0.1) is 0 Å². The van der Waals surface area contributed by atoms with Crippen LogP contribution >= 0.6 is 0 Å². The summed E-state index contributed by atoms with van der Waals surface area (Å²) < 4.78 is 5.63. The minimum atomic E-state index is -0.206. The van der Waals surface area contributed by atoms with Crippen molar-refractivity contribution in [2.24, 2.45) is 0 Å². The third-order valence-corrected chi connectivity index (χ3v) is 4.34. The van der Waals surface area contributed by atoms with Gasteiger partial charge >= 0.3 is 0 Å². The number of hydrogen-bond acceptors (Lipinski definition) is 3. The van der Waals surface area contributed by atoms with Crippen LogP contribution < -0.4 is 15.0 Å². The zero-order valence-electron chi connectivity index (χ0n) is 14.8. The molecule has 0 spiro atoms. The number of ether oxygens (including phenoxy) is 1. The van der Waals surface area contributed by atoms with Crippen LogP contribution in [-0.4, -0.2) is 25.0 Å². The molecule has 2 aromatic carbocycles. The molecule has 1 heterocycles. The Morgan fingerprint density at radius 2 is 1.96 bits per heavy atom. The minimum absolute atomic E-state index is 0.0393. The lowest BCUT2D eigenvalue weighted by atomic mass is 10.1. The lowest BCUT2D eigenvalue weighted by Crippen LogP contribution is -2.25. The van der Waals surface area contributed by atoms with E-state index >= 15 is 0 Å². The van der Waals surface area contributed by atoms with Crippen molar-refractivity contribution < 1.29 is 14.3 Å². The van der Waals surface area contributed by atoms with Crippen molar-refractivity contribution in [2.45, 2.75) is 27.2 Å². The molecule has 0 radical (unpaired) electrons. The number of fused-ring (bicyclic) bond motifs is 1. The number of carbonyl (C=O) groups excluding carboxylic acids is 2. The molecular weight excluding hydrogens is 316 g/mol. The number of nitrogens with one attached hydrogen (secondary N) is 1. The summed E-state index contributed by atoms with van der Waals surface area (Å²) in [5, 5.41) is 2.85. The molecule has 2 amide bonds. The Bertz CT molecular complexity index is 830. The van der Waals surface area contributed by atoms with E-state index in [-0.39, 0.29) is 18.4 Å². The second kappa shape index (κ2) is 6.97. The number of rotatable bonds is 4. The Hall–Kier alpha value is -2.82. The summed E-state index contributed by atoms with van der Waals surface area (Å²) in [4.78, 5) is 25.5. The summed E-state index contributed by atoms with van der Waals surface area (Å²) in [5.41, 5.74) is 4.81. The highest BCUT2D eigenvalue weighted by Crippen LogP contribution is 2.30. The van der Waals surface area contributed by atoms with Gasteiger partial charge in [0.2, 0.25) is 5.91 Å².